The molecule has 0 saturated carbocycles. The summed E-state index contributed by atoms with van der Waals surface area (Å²) < 4.78 is 0. The minimum absolute atomic E-state index is 1.01. The average Bonchev–Trinajstić information content (AvgIpc) is 2.10. The van der Waals surface area contributed by atoms with Gasteiger partial charge in [-0.05, 0) is 84.6 Å². The molecular weight excluding hydrogens is 264 g/mol. The van der Waals surface area contributed by atoms with Crippen molar-refractivity contribution in [3.63, 3.8) is 0 Å². The molecule has 0 atom stereocenters. The lowest BCUT2D eigenvalue weighted by molar-refractivity contribution is 0.147. The topological polar surface area (TPSA) is 19.4 Å². The van der Waals surface area contributed by atoms with E-state index in [0.29, 0.717) is 0 Å². The summed E-state index contributed by atoms with van der Waals surface area (Å²) in [5.74, 6) is 0. The summed E-state index contributed by atoms with van der Waals surface area (Å²) in [5, 5.41) is 0. The molecule has 21 heavy (non-hydrogen) atoms. The standard InChI is InChI=1S/C7H19N3.C5H14N2.C3H9N/c1-8(2)6-10(5)7-9(3)4;1-6(2)5-7(3)4;1-4(2)3/h6-7H2,1-5H3;5H2,1-4H3;1-3H3. The van der Waals surface area contributed by atoms with Crippen molar-refractivity contribution in [2.24, 2.45) is 0 Å². The largest absolute Gasteiger partial charge is 0.312 e. The Balaban J connectivity index is -0.000000256. The molecule has 0 saturated heterocycles. The normalized spacial score (nSPS) is 11.1. The van der Waals surface area contributed by atoms with Gasteiger partial charge in [0.15, 0.2) is 0 Å². The fraction of sp³-hybridized carbons (Fsp3) is 1.00. The van der Waals surface area contributed by atoms with E-state index in [9.17, 15) is 0 Å². The molecule has 0 amide bonds. The zero-order valence-corrected chi connectivity index (χ0v) is 16.8. The Kier molecular flexibility index (Phi) is 19.7. The molecule has 0 aliphatic carbocycles. The molecule has 132 valence electrons. The second-order valence-electron chi connectivity index (χ2n) is 6.94. The number of hydrogen-bond donors (Lipinski definition) is 0. The first-order valence-corrected chi connectivity index (χ1v) is 7.26. The first-order valence-electron chi connectivity index (χ1n) is 7.26. The van der Waals surface area contributed by atoms with Gasteiger partial charge >= 0.3 is 0 Å². The van der Waals surface area contributed by atoms with Crippen LogP contribution in [0.5, 0.6) is 0 Å². The molecule has 0 fully saturated rings. The van der Waals surface area contributed by atoms with Gasteiger partial charge in [0, 0.05) is 6.67 Å². The third-order valence-corrected chi connectivity index (χ3v) is 1.61. The molecule has 6 nitrogen and oxygen atoms in total. The van der Waals surface area contributed by atoms with Gasteiger partial charge in [0.2, 0.25) is 0 Å². The van der Waals surface area contributed by atoms with Crippen LogP contribution in [0.15, 0.2) is 0 Å². The molecule has 0 N–H and O–H groups in total. The quantitative estimate of drug-likeness (QED) is 0.649. The average molecular weight is 307 g/mol. The number of hydrogen-bond acceptors (Lipinski definition) is 6. The van der Waals surface area contributed by atoms with E-state index in [0.717, 1.165) is 20.0 Å². The fourth-order valence-corrected chi connectivity index (χ4v) is 1.58. The Morgan fingerprint density at radius 2 is 0.571 bits per heavy atom. The van der Waals surface area contributed by atoms with E-state index in [4.69, 9.17) is 0 Å². The Hall–Kier alpha value is -0.240. The summed E-state index contributed by atoms with van der Waals surface area (Å²) in [5.41, 5.74) is 0. The van der Waals surface area contributed by atoms with Gasteiger partial charge in [-0.1, -0.05) is 0 Å². The smallest absolute Gasteiger partial charge is 0.0509 e. The number of nitrogens with zero attached hydrogens (tertiary/aromatic N) is 6. The Morgan fingerprint density at radius 1 is 0.381 bits per heavy atom. The third kappa shape index (κ3) is 45.1. The van der Waals surface area contributed by atoms with E-state index in [2.05, 4.69) is 87.9 Å². The van der Waals surface area contributed by atoms with Crippen LogP contribution in [-0.4, -0.2) is 134 Å². The lowest BCUT2D eigenvalue weighted by atomic mass is 10.7. The summed E-state index contributed by atoms with van der Waals surface area (Å²) in [7, 11) is 24.6. The van der Waals surface area contributed by atoms with Crippen molar-refractivity contribution < 1.29 is 0 Å². The number of rotatable bonds is 6. The maximum atomic E-state index is 2.25. The summed E-state index contributed by atoms with van der Waals surface area (Å²) in [6, 6.07) is 0. The summed E-state index contributed by atoms with van der Waals surface area (Å²) >= 11 is 0. The highest BCUT2D eigenvalue weighted by molar-refractivity contribution is 4.45. The minimum Gasteiger partial charge on any atom is -0.312 e. The van der Waals surface area contributed by atoms with Crippen molar-refractivity contribution in [1.82, 2.24) is 29.4 Å². The van der Waals surface area contributed by atoms with Gasteiger partial charge in [-0.15, -0.1) is 0 Å². The van der Waals surface area contributed by atoms with Gasteiger partial charge < -0.3 is 4.90 Å². The van der Waals surface area contributed by atoms with Crippen LogP contribution in [0.1, 0.15) is 0 Å². The molecule has 0 unspecified atom stereocenters. The monoisotopic (exact) mass is 306 g/mol. The van der Waals surface area contributed by atoms with Crippen LogP contribution in [-0.2, 0) is 0 Å². The van der Waals surface area contributed by atoms with Crippen LogP contribution in [0.4, 0.5) is 0 Å². The van der Waals surface area contributed by atoms with Gasteiger partial charge in [0.05, 0.1) is 13.3 Å². The van der Waals surface area contributed by atoms with E-state index in [1.807, 2.05) is 26.0 Å². The fourth-order valence-electron chi connectivity index (χ4n) is 1.58. The molecule has 6 heteroatoms. The lowest BCUT2D eigenvalue weighted by Crippen LogP contribution is -2.36. The van der Waals surface area contributed by atoms with E-state index >= 15 is 0 Å². The van der Waals surface area contributed by atoms with Crippen molar-refractivity contribution in [2.45, 2.75) is 0 Å². The second kappa shape index (κ2) is 16.1. The molecule has 0 heterocycles. The summed E-state index contributed by atoms with van der Waals surface area (Å²) in [6.07, 6.45) is 0. The first kappa shape index (κ1) is 25.7. The molecule has 0 aromatic heterocycles. The maximum absolute atomic E-state index is 2.25. The van der Waals surface area contributed by atoms with Crippen LogP contribution in [0.3, 0.4) is 0 Å². The van der Waals surface area contributed by atoms with Crippen molar-refractivity contribution in [3.8, 4) is 0 Å². The summed E-state index contributed by atoms with van der Waals surface area (Å²) in [6.45, 7) is 3.05. The highest BCUT2D eigenvalue weighted by atomic mass is 15.3. The molecular formula is C15H42N6. The zero-order chi connectivity index (χ0) is 17.6. The van der Waals surface area contributed by atoms with Crippen LogP contribution < -0.4 is 0 Å². The van der Waals surface area contributed by atoms with Gasteiger partial charge in [-0.2, -0.15) is 0 Å². The van der Waals surface area contributed by atoms with E-state index in [1.54, 1.807) is 0 Å². The van der Waals surface area contributed by atoms with E-state index in [-0.39, 0.29) is 0 Å². The Labute approximate surface area is 134 Å². The highest BCUT2D eigenvalue weighted by Crippen LogP contribution is 1.85. The van der Waals surface area contributed by atoms with Gasteiger partial charge in [-0.3, -0.25) is 24.5 Å². The highest BCUT2D eigenvalue weighted by Gasteiger charge is 1.98. The van der Waals surface area contributed by atoms with E-state index in [1.165, 1.54) is 0 Å². The SMILES string of the molecule is CN(C)C.CN(C)CN(C)C.CN(C)CN(C)CN(C)C. The molecule has 0 aliphatic heterocycles. The maximum Gasteiger partial charge on any atom is 0.0509 e. The minimum atomic E-state index is 1.01. The van der Waals surface area contributed by atoms with Crippen molar-refractivity contribution >= 4 is 0 Å². The van der Waals surface area contributed by atoms with Gasteiger partial charge in [0.25, 0.3) is 0 Å². The zero-order valence-electron chi connectivity index (χ0n) is 16.8. The molecule has 0 aromatic rings. The van der Waals surface area contributed by atoms with Crippen LogP contribution >= 0.6 is 0 Å². The van der Waals surface area contributed by atoms with Crippen molar-refractivity contribution in [1.29, 1.82) is 0 Å². The predicted molar refractivity (Wildman–Crippen MR) is 96.7 cm³/mol. The Bertz CT molecular complexity index is 174. The first-order chi connectivity index (χ1) is 9.38. The second-order valence-corrected chi connectivity index (χ2v) is 6.94. The molecule has 0 aromatic carbocycles. The van der Waals surface area contributed by atoms with Crippen LogP contribution in [0.25, 0.3) is 0 Å². The molecule has 0 bridgehead atoms. The molecule has 0 aliphatic rings. The van der Waals surface area contributed by atoms with E-state index < -0.39 is 0 Å². The van der Waals surface area contributed by atoms with Crippen molar-refractivity contribution in [3.05, 3.63) is 0 Å². The van der Waals surface area contributed by atoms with Crippen LogP contribution in [0.2, 0.25) is 0 Å². The Morgan fingerprint density at radius 3 is 0.667 bits per heavy atom. The van der Waals surface area contributed by atoms with Gasteiger partial charge in [0.1, 0.15) is 0 Å². The van der Waals surface area contributed by atoms with Gasteiger partial charge in [-0.25, -0.2) is 0 Å². The predicted octanol–water partition coefficient (Wildman–Crippen LogP) is 0.201. The molecule has 0 rings (SSSR count). The summed E-state index contributed by atoms with van der Waals surface area (Å²) in [4.78, 5) is 12.8. The third-order valence-electron chi connectivity index (χ3n) is 1.61. The molecule has 0 radical (unpaired) electrons. The molecule has 0 spiro atoms. The van der Waals surface area contributed by atoms with Crippen LogP contribution in [0, 0.1) is 0 Å². The van der Waals surface area contributed by atoms with Crippen molar-refractivity contribution in [2.75, 3.05) is 105 Å². The lowest BCUT2D eigenvalue weighted by Gasteiger charge is -2.24.